The minimum absolute atomic E-state index is 0.154. The Kier molecular flexibility index (Phi) is 6.07. The highest BCUT2D eigenvalue weighted by Gasteiger charge is 2.35. The van der Waals surface area contributed by atoms with Gasteiger partial charge in [0.05, 0.1) is 15.7 Å². The molecule has 3 heterocycles. The van der Waals surface area contributed by atoms with Crippen molar-refractivity contribution in [1.29, 1.82) is 0 Å². The zero-order chi connectivity index (χ0) is 23.0. The topological polar surface area (TPSA) is 105 Å². The summed E-state index contributed by atoms with van der Waals surface area (Å²) < 4.78 is 33.8. The van der Waals surface area contributed by atoms with Crippen molar-refractivity contribution in [3.63, 3.8) is 0 Å². The third-order valence-electron chi connectivity index (χ3n) is 6.40. The van der Waals surface area contributed by atoms with Crippen molar-refractivity contribution < 1.29 is 17.7 Å². The molecule has 0 radical (unpaired) electrons. The summed E-state index contributed by atoms with van der Waals surface area (Å²) in [5.41, 5.74) is 0.710. The number of carbonyl (C=O) groups excluding carboxylic acids is 1. The van der Waals surface area contributed by atoms with Gasteiger partial charge in [-0.25, -0.2) is 8.42 Å². The Hall–Kier alpha value is -2.56. The van der Waals surface area contributed by atoms with Crippen LogP contribution in [-0.2, 0) is 14.8 Å². The number of aromatic nitrogens is 2. The predicted octanol–water partition coefficient (Wildman–Crippen LogP) is 4.41. The average Bonchev–Trinajstić information content (AvgIpc) is 3.40. The molecule has 1 saturated heterocycles. The van der Waals surface area contributed by atoms with Gasteiger partial charge < -0.3 is 9.84 Å². The van der Waals surface area contributed by atoms with Crippen LogP contribution < -0.4 is 5.32 Å². The molecule has 1 aliphatic heterocycles. The summed E-state index contributed by atoms with van der Waals surface area (Å²) in [6.45, 7) is 2.35. The van der Waals surface area contributed by atoms with Gasteiger partial charge >= 0.3 is 0 Å². The zero-order valence-corrected chi connectivity index (χ0v) is 20.0. The third kappa shape index (κ3) is 4.47. The number of rotatable bonds is 6. The van der Waals surface area contributed by atoms with Crippen molar-refractivity contribution in [3.8, 4) is 10.7 Å². The number of nitrogens with zero attached hydrogens (tertiary/aromatic N) is 3. The van der Waals surface area contributed by atoms with Gasteiger partial charge in [-0.1, -0.05) is 29.8 Å². The largest absolute Gasteiger partial charge is 0.339 e. The number of para-hydroxylation sites is 1. The summed E-state index contributed by atoms with van der Waals surface area (Å²) in [6, 6.07) is 10.9. The average molecular weight is 487 g/mol. The highest BCUT2D eigenvalue weighted by Crippen LogP contribution is 2.38. The van der Waals surface area contributed by atoms with Gasteiger partial charge in [0.15, 0.2) is 0 Å². The van der Waals surface area contributed by atoms with Crippen LogP contribution in [0.4, 0.5) is 5.69 Å². The number of piperidine rings is 1. The van der Waals surface area contributed by atoms with Gasteiger partial charge in [0, 0.05) is 29.6 Å². The third-order valence-corrected chi connectivity index (χ3v) is 9.57. The Bertz CT molecular complexity index is 1250. The summed E-state index contributed by atoms with van der Waals surface area (Å²) >= 11 is 1.35. The van der Waals surface area contributed by atoms with Crippen LogP contribution in [0.1, 0.15) is 48.8 Å². The molecular formula is C23H26N4O4S2. The molecule has 1 amide bonds. The number of benzene rings is 1. The van der Waals surface area contributed by atoms with E-state index in [-0.39, 0.29) is 17.3 Å². The van der Waals surface area contributed by atoms with E-state index in [0.29, 0.717) is 52.5 Å². The summed E-state index contributed by atoms with van der Waals surface area (Å²) in [4.78, 5) is 18.9. The second-order valence-electron chi connectivity index (χ2n) is 8.67. The second kappa shape index (κ2) is 9.00. The fraction of sp³-hybridized carbons (Fsp3) is 0.435. The number of thiophene rings is 1. The standard InChI is InChI=1S/C23H26N4O4S2/c1-15-20(13-19(32-15)21-25-23(31-26-21)16-7-5-8-16)33(29,30)27-12-6-9-17(14-27)22(28)24-18-10-3-2-4-11-18/h2-4,10-11,13,16-17H,5-9,12,14H2,1H3,(H,24,28). The number of amides is 1. The van der Waals surface area contributed by atoms with Crippen LogP contribution in [0.3, 0.4) is 0 Å². The number of nitrogens with one attached hydrogen (secondary N) is 1. The van der Waals surface area contributed by atoms with Gasteiger partial charge in [-0.15, -0.1) is 11.3 Å². The number of hydrogen-bond acceptors (Lipinski definition) is 7. The second-order valence-corrected chi connectivity index (χ2v) is 11.8. The summed E-state index contributed by atoms with van der Waals surface area (Å²) in [5.74, 6) is 0.844. The summed E-state index contributed by atoms with van der Waals surface area (Å²) in [7, 11) is -3.74. The maximum absolute atomic E-state index is 13.5. The van der Waals surface area contributed by atoms with Crippen LogP contribution in [0.25, 0.3) is 10.7 Å². The number of carbonyl (C=O) groups is 1. The maximum Gasteiger partial charge on any atom is 0.244 e. The molecular weight excluding hydrogens is 460 g/mol. The number of sulfonamides is 1. The monoisotopic (exact) mass is 486 g/mol. The molecule has 1 aromatic carbocycles. The van der Waals surface area contributed by atoms with Crippen LogP contribution in [0.2, 0.25) is 0 Å². The molecule has 1 aliphatic carbocycles. The Balaban J connectivity index is 1.32. The Morgan fingerprint density at radius 2 is 1.97 bits per heavy atom. The maximum atomic E-state index is 13.5. The van der Waals surface area contributed by atoms with E-state index >= 15 is 0 Å². The van der Waals surface area contributed by atoms with Crippen molar-refractivity contribution in [2.45, 2.75) is 49.8 Å². The molecule has 2 fully saturated rings. The first-order valence-corrected chi connectivity index (χ1v) is 13.5. The van der Waals surface area contributed by atoms with Crippen LogP contribution in [0, 0.1) is 12.8 Å². The van der Waals surface area contributed by atoms with Gasteiger partial charge in [0.25, 0.3) is 0 Å². The molecule has 1 unspecified atom stereocenters. The molecule has 5 rings (SSSR count). The van der Waals surface area contributed by atoms with Crippen LogP contribution in [0.15, 0.2) is 45.8 Å². The molecule has 3 aromatic rings. The molecule has 2 aromatic heterocycles. The molecule has 174 valence electrons. The van der Waals surface area contributed by atoms with E-state index in [9.17, 15) is 13.2 Å². The zero-order valence-electron chi connectivity index (χ0n) is 18.4. The Morgan fingerprint density at radius 3 is 2.70 bits per heavy atom. The normalized spacial score (nSPS) is 19.8. The molecule has 1 atom stereocenters. The molecule has 10 heteroatoms. The molecule has 1 N–H and O–H groups in total. The van der Waals surface area contributed by atoms with Crippen molar-refractivity contribution in [2.75, 3.05) is 18.4 Å². The van der Waals surface area contributed by atoms with E-state index in [1.54, 1.807) is 13.0 Å². The summed E-state index contributed by atoms with van der Waals surface area (Å²) in [6.07, 6.45) is 4.57. The lowest BCUT2D eigenvalue weighted by Crippen LogP contribution is -2.43. The summed E-state index contributed by atoms with van der Waals surface area (Å²) in [5, 5.41) is 6.97. The van der Waals surface area contributed by atoms with Gasteiger partial charge in [-0.05, 0) is 50.8 Å². The van der Waals surface area contributed by atoms with Gasteiger partial charge in [0.2, 0.25) is 27.6 Å². The van der Waals surface area contributed by atoms with Crippen LogP contribution >= 0.6 is 11.3 Å². The smallest absolute Gasteiger partial charge is 0.244 e. The SMILES string of the molecule is Cc1sc(-c2noc(C3CCC3)n2)cc1S(=O)(=O)N1CCCC(C(=O)Nc2ccccc2)C1. The van der Waals surface area contributed by atoms with Crippen molar-refractivity contribution in [3.05, 3.63) is 47.2 Å². The molecule has 33 heavy (non-hydrogen) atoms. The number of anilines is 1. The van der Waals surface area contributed by atoms with E-state index < -0.39 is 15.9 Å². The lowest BCUT2D eigenvalue weighted by molar-refractivity contribution is -0.120. The predicted molar refractivity (Wildman–Crippen MR) is 125 cm³/mol. The lowest BCUT2D eigenvalue weighted by Gasteiger charge is -2.31. The Labute approximate surface area is 197 Å². The molecule has 0 spiro atoms. The molecule has 1 saturated carbocycles. The number of aryl methyl sites for hydroxylation is 1. The molecule has 8 nitrogen and oxygen atoms in total. The molecule has 2 aliphatic rings. The van der Waals surface area contributed by atoms with E-state index in [1.807, 2.05) is 30.3 Å². The minimum Gasteiger partial charge on any atom is -0.339 e. The van der Waals surface area contributed by atoms with Crippen molar-refractivity contribution in [1.82, 2.24) is 14.4 Å². The first-order valence-electron chi connectivity index (χ1n) is 11.2. The fourth-order valence-electron chi connectivity index (χ4n) is 4.27. The van der Waals surface area contributed by atoms with Crippen molar-refractivity contribution in [2.24, 2.45) is 5.92 Å². The van der Waals surface area contributed by atoms with Crippen LogP contribution in [-0.4, -0.2) is 41.9 Å². The highest BCUT2D eigenvalue weighted by atomic mass is 32.2. The molecule has 0 bridgehead atoms. The van der Waals surface area contributed by atoms with Gasteiger partial charge in [-0.3, -0.25) is 4.79 Å². The first-order chi connectivity index (χ1) is 15.9. The van der Waals surface area contributed by atoms with E-state index in [0.717, 1.165) is 12.8 Å². The minimum atomic E-state index is -3.74. The van der Waals surface area contributed by atoms with Crippen LogP contribution in [0.5, 0.6) is 0 Å². The highest BCUT2D eigenvalue weighted by molar-refractivity contribution is 7.89. The van der Waals surface area contributed by atoms with E-state index in [2.05, 4.69) is 15.5 Å². The van der Waals surface area contributed by atoms with Gasteiger partial charge in [-0.2, -0.15) is 9.29 Å². The van der Waals surface area contributed by atoms with Crippen molar-refractivity contribution >= 4 is 33.0 Å². The first kappa shape index (κ1) is 22.2. The lowest BCUT2D eigenvalue weighted by atomic mass is 9.85. The van der Waals surface area contributed by atoms with E-state index in [4.69, 9.17) is 4.52 Å². The van der Waals surface area contributed by atoms with E-state index in [1.165, 1.54) is 22.1 Å². The van der Waals surface area contributed by atoms with Gasteiger partial charge in [0.1, 0.15) is 0 Å². The fourth-order valence-corrected chi connectivity index (χ4v) is 7.28. The number of hydrogen-bond donors (Lipinski definition) is 1. The Morgan fingerprint density at radius 1 is 1.18 bits per heavy atom. The quantitative estimate of drug-likeness (QED) is 0.553.